The van der Waals surface area contributed by atoms with Crippen LogP contribution in [0, 0.1) is 11.6 Å². The average molecular weight is 368 g/mol. The second kappa shape index (κ2) is 7.19. The number of nitrogens with zero attached hydrogens (tertiary/aromatic N) is 2. The lowest BCUT2D eigenvalue weighted by Crippen LogP contribution is -2.61. The van der Waals surface area contributed by atoms with Gasteiger partial charge in [-0.2, -0.15) is 0 Å². The summed E-state index contributed by atoms with van der Waals surface area (Å²) in [6, 6.07) is 2.11. The number of β-amino-alcohol motifs (C(OH)–C–C–N with tert-alkyl or cyclic N) is 1. The highest BCUT2D eigenvalue weighted by Gasteiger charge is 2.53. The number of methoxy groups -OCH3 is 1. The van der Waals surface area contributed by atoms with Crippen molar-refractivity contribution < 1.29 is 28.2 Å². The van der Waals surface area contributed by atoms with Crippen molar-refractivity contribution in [2.45, 2.75) is 31.2 Å². The maximum Gasteiger partial charge on any atom is 0.261 e. The molecule has 26 heavy (non-hydrogen) atoms. The van der Waals surface area contributed by atoms with E-state index in [9.17, 15) is 23.5 Å². The quantitative estimate of drug-likeness (QED) is 0.876. The molecule has 3 rings (SSSR count). The molecule has 2 heterocycles. The minimum absolute atomic E-state index is 0.0635. The Hall–Kier alpha value is -2.22. The van der Waals surface area contributed by atoms with Gasteiger partial charge in [0.15, 0.2) is 11.6 Å². The van der Waals surface area contributed by atoms with Crippen LogP contribution in [0.4, 0.5) is 8.78 Å². The number of benzene rings is 1. The summed E-state index contributed by atoms with van der Waals surface area (Å²) < 4.78 is 33.1. The van der Waals surface area contributed by atoms with Gasteiger partial charge in [0.1, 0.15) is 16.9 Å². The molecule has 1 unspecified atom stereocenters. The summed E-state index contributed by atoms with van der Waals surface area (Å²) in [5, 5.41) is 9.17. The van der Waals surface area contributed by atoms with Crippen molar-refractivity contribution in [3.8, 4) is 5.75 Å². The molecule has 6 nitrogen and oxygen atoms in total. The van der Waals surface area contributed by atoms with Crippen molar-refractivity contribution in [2.24, 2.45) is 0 Å². The Kier molecular flexibility index (Phi) is 5.13. The van der Waals surface area contributed by atoms with E-state index in [0.29, 0.717) is 32.2 Å². The predicted octanol–water partition coefficient (Wildman–Crippen LogP) is 1.56. The summed E-state index contributed by atoms with van der Waals surface area (Å²) in [4.78, 5) is 29.0. The van der Waals surface area contributed by atoms with Crippen LogP contribution in [0.15, 0.2) is 12.1 Å². The number of rotatable bonds is 4. The van der Waals surface area contributed by atoms with Crippen LogP contribution < -0.4 is 4.74 Å². The van der Waals surface area contributed by atoms with Gasteiger partial charge in [0, 0.05) is 19.6 Å². The SMILES string of the molecule is COc1ccc(F)c(F)c1C(=O)N1CCCC12CCCN(CCO)C2=O. The van der Waals surface area contributed by atoms with E-state index in [1.54, 1.807) is 0 Å². The van der Waals surface area contributed by atoms with Gasteiger partial charge in [-0.25, -0.2) is 8.78 Å². The zero-order valence-electron chi connectivity index (χ0n) is 14.6. The van der Waals surface area contributed by atoms with E-state index in [2.05, 4.69) is 0 Å². The second-order valence-electron chi connectivity index (χ2n) is 6.65. The first kappa shape index (κ1) is 18.6. The highest BCUT2D eigenvalue weighted by Crippen LogP contribution is 2.40. The van der Waals surface area contributed by atoms with Gasteiger partial charge >= 0.3 is 0 Å². The number of aliphatic hydroxyl groups excluding tert-OH is 1. The van der Waals surface area contributed by atoms with Gasteiger partial charge in [0.2, 0.25) is 5.91 Å². The molecule has 0 aliphatic carbocycles. The Balaban J connectivity index is 2.00. The van der Waals surface area contributed by atoms with Crippen molar-refractivity contribution in [2.75, 3.05) is 33.4 Å². The number of aliphatic hydroxyl groups is 1. The number of carbonyl (C=O) groups excluding carboxylic acids is 2. The minimum atomic E-state index is -1.27. The normalized spacial score (nSPS) is 23.0. The van der Waals surface area contributed by atoms with E-state index in [0.717, 1.165) is 6.07 Å². The molecule has 2 fully saturated rings. The number of carbonyl (C=O) groups is 2. The Morgan fingerprint density at radius 3 is 2.62 bits per heavy atom. The van der Waals surface area contributed by atoms with Gasteiger partial charge in [-0.1, -0.05) is 0 Å². The van der Waals surface area contributed by atoms with E-state index in [-0.39, 0.29) is 31.4 Å². The number of hydrogen-bond donors (Lipinski definition) is 1. The van der Waals surface area contributed by atoms with Gasteiger partial charge in [0.25, 0.3) is 5.91 Å². The molecule has 0 aromatic heterocycles. The number of likely N-dealkylation sites (tertiary alicyclic amines) is 2. The van der Waals surface area contributed by atoms with Crippen LogP contribution >= 0.6 is 0 Å². The molecule has 1 aromatic carbocycles. The van der Waals surface area contributed by atoms with Crippen molar-refractivity contribution in [1.82, 2.24) is 9.80 Å². The Labute approximate surface area is 150 Å². The molecule has 1 atom stereocenters. The molecule has 1 spiro atoms. The van der Waals surface area contributed by atoms with Crippen molar-refractivity contribution in [1.29, 1.82) is 0 Å². The zero-order chi connectivity index (χ0) is 18.9. The van der Waals surface area contributed by atoms with Crippen molar-refractivity contribution in [3.05, 3.63) is 29.3 Å². The van der Waals surface area contributed by atoms with Crippen LogP contribution in [-0.4, -0.2) is 65.6 Å². The number of piperidine rings is 1. The topological polar surface area (TPSA) is 70.1 Å². The fourth-order valence-corrected chi connectivity index (χ4v) is 4.09. The molecular weight excluding hydrogens is 346 g/mol. The molecule has 0 radical (unpaired) electrons. The summed E-state index contributed by atoms with van der Waals surface area (Å²) in [6.07, 6.45) is 2.22. The predicted molar refractivity (Wildman–Crippen MR) is 88.8 cm³/mol. The fourth-order valence-electron chi connectivity index (χ4n) is 4.09. The first-order valence-electron chi connectivity index (χ1n) is 8.70. The maximum atomic E-state index is 14.4. The minimum Gasteiger partial charge on any atom is -0.496 e. The van der Waals surface area contributed by atoms with Gasteiger partial charge in [0.05, 0.1) is 13.7 Å². The van der Waals surface area contributed by atoms with Gasteiger partial charge in [-0.3, -0.25) is 9.59 Å². The zero-order valence-corrected chi connectivity index (χ0v) is 14.6. The van der Waals surface area contributed by atoms with E-state index >= 15 is 0 Å². The fraction of sp³-hybridized carbons (Fsp3) is 0.556. The van der Waals surface area contributed by atoms with Crippen LogP contribution in [0.5, 0.6) is 5.75 Å². The maximum absolute atomic E-state index is 14.4. The van der Waals surface area contributed by atoms with Gasteiger partial charge in [-0.15, -0.1) is 0 Å². The van der Waals surface area contributed by atoms with Crippen LogP contribution in [0.2, 0.25) is 0 Å². The van der Waals surface area contributed by atoms with Crippen LogP contribution in [0.25, 0.3) is 0 Å². The lowest BCUT2D eigenvalue weighted by molar-refractivity contribution is -0.146. The first-order valence-corrected chi connectivity index (χ1v) is 8.70. The summed E-state index contributed by atoms with van der Waals surface area (Å²) in [7, 11) is 1.28. The summed E-state index contributed by atoms with van der Waals surface area (Å²) >= 11 is 0. The molecule has 0 bridgehead atoms. The Morgan fingerprint density at radius 2 is 1.96 bits per heavy atom. The summed E-state index contributed by atoms with van der Waals surface area (Å²) in [5.41, 5.74) is -1.55. The number of hydrogen-bond acceptors (Lipinski definition) is 4. The molecule has 0 saturated carbocycles. The first-order chi connectivity index (χ1) is 12.5. The molecule has 8 heteroatoms. The molecule has 1 aromatic rings. The standard InChI is InChI=1S/C18H22F2N2O4/c1-26-13-5-4-12(19)15(20)14(13)16(24)22-9-3-7-18(22)6-2-8-21(10-11-23)17(18)25/h4-5,23H,2-3,6-11H2,1H3. The van der Waals surface area contributed by atoms with E-state index < -0.39 is 28.6 Å². The molecule has 142 valence electrons. The summed E-state index contributed by atoms with van der Waals surface area (Å²) in [6.45, 7) is 0.833. The van der Waals surface area contributed by atoms with Crippen LogP contribution in [0.3, 0.4) is 0 Å². The average Bonchev–Trinajstić information content (AvgIpc) is 3.05. The Morgan fingerprint density at radius 1 is 1.27 bits per heavy atom. The Bertz CT molecular complexity index is 725. The molecule has 2 amide bonds. The molecule has 2 aliphatic rings. The highest BCUT2D eigenvalue weighted by atomic mass is 19.2. The second-order valence-corrected chi connectivity index (χ2v) is 6.65. The number of ether oxygens (including phenoxy) is 1. The van der Waals surface area contributed by atoms with E-state index in [4.69, 9.17) is 4.74 Å². The summed E-state index contributed by atoms with van der Waals surface area (Å²) in [5.74, 6) is -3.45. The highest BCUT2D eigenvalue weighted by molar-refractivity contribution is 6.02. The van der Waals surface area contributed by atoms with Crippen molar-refractivity contribution >= 4 is 11.8 Å². The van der Waals surface area contributed by atoms with Gasteiger partial charge < -0.3 is 19.6 Å². The third-order valence-electron chi connectivity index (χ3n) is 5.30. The molecule has 2 saturated heterocycles. The lowest BCUT2D eigenvalue weighted by atomic mass is 9.85. The molecule has 2 aliphatic heterocycles. The van der Waals surface area contributed by atoms with Crippen LogP contribution in [0.1, 0.15) is 36.0 Å². The van der Waals surface area contributed by atoms with Crippen molar-refractivity contribution in [3.63, 3.8) is 0 Å². The smallest absolute Gasteiger partial charge is 0.261 e. The lowest BCUT2D eigenvalue weighted by Gasteiger charge is -2.44. The number of halogens is 2. The third kappa shape index (κ3) is 2.82. The molecular formula is C18H22F2N2O4. The number of amides is 2. The largest absolute Gasteiger partial charge is 0.496 e. The molecule has 1 N–H and O–H groups in total. The van der Waals surface area contributed by atoms with E-state index in [1.807, 2.05) is 0 Å². The van der Waals surface area contributed by atoms with Crippen LogP contribution in [-0.2, 0) is 4.79 Å². The third-order valence-corrected chi connectivity index (χ3v) is 5.30. The van der Waals surface area contributed by atoms with E-state index in [1.165, 1.54) is 23.0 Å². The monoisotopic (exact) mass is 368 g/mol. The van der Waals surface area contributed by atoms with Gasteiger partial charge in [-0.05, 0) is 37.8 Å².